The smallest absolute Gasteiger partial charge is 0.274 e. The van der Waals surface area contributed by atoms with Gasteiger partial charge in [0.2, 0.25) is 5.91 Å². The Balaban J connectivity index is 2.26. The van der Waals surface area contributed by atoms with Gasteiger partial charge in [-0.15, -0.1) is 0 Å². The van der Waals surface area contributed by atoms with Crippen LogP contribution in [0.3, 0.4) is 0 Å². The summed E-state index contributed by atoms with van der Waals surface area (Å²) in [7, 11) is 0. The van der Waals surface area contributed by atoms with Gasteiger partial charge in [0.1, 0.15) is 5.82 Å². The molecule has 20 heavy (non-hydrogen) atoms. The Bertz CT molecular complexity index is 750. The zero-order chi connectivity index (χ0) is 14.3. The molecule has 104 valence electrons. The maximum absolute atomic E-state index is 12.5. The lowest BCUT2D eigenvalue weighted by atomic mass is 9.84. The minimum atomic E-state index is -0.289. The van der Waals surface area contributed by atoms with Crippen molar-refractivity contribution in [2.24, 2.45) is 0 Å². The highest BCUT2D eigenvalue weighted by Gasteiger charge is 2.26. The third kappa shape index (κ3) is 2.18. The van der Waals surface area contributed by atoms with Crippen LogP contribution >= 0.6 is 11.6 Å². The monoisotopic (exact) mass is 291 g/mol. The number of hydrogen-bond acceptors (Lipinski definition) is 3. The molecule has 1 aliphatic carbocycles. The predicted molar refractivity (Wildman–Crippen MR) is 77.6 cm³/mol. The van der Waals surface area contributed by atoms with E-state index < -0.39 is 0 Å². The first-order valence-electron chi connectivity index (χ1n) is 6.56. The predicted octanol–water partition coefficient (Wildman–Crippen LogP) is 2.41. The van der Waals surface area contributed by atoms with Crippen LogP contribution in [0.5, 0.6) is 0 Å². The summed E-state index contributed by atoms with van der Waals surface area (Å²) in [6.07, 6.45) is 3.09. The summed E-state index contributed by atoms with van der Waals surface area (Å²) in [6, 6.07) is 4.96. The lowest BCUT2D eigenvalue weighted by Crippen LogP contribution is -2.37. The number of hydrogen-bond donors (Lipinski definition) is 1. The summed E-state index contributed by atoms with van der Waals surface area (Å²) in [4.78, 5) is 28.4. The van der Waals surface area contributed by atoms with Crippen molar-refractivity contribution < 1.29 is 4.79 Å². The van der Waals surface area contributed by atoms with Crippen LogP contribution in [-0.2, 0) is 4.79 Å². The van der Waals surface area contributed by atoms with Crippen LogP contribution in [0.25, 0.3) is 10.9 Å². The summed E-state index contributed by atoms with van der Waals surface area (Å²) >= 11 is 5.96. The number of benzene rings is 1. The van der Waals surface area contributed by atoms with Gasteiger partial charge in [-0.2, -0.15) is 0 Å². The summed E-state index contributed by atoms with van der Waals surface area (Å²) in [5, 5.41) is 0.993. The van der Waals surface area contributed by atoms with Gasteiger partial charge in [0.25, 0.3) is 5.56 Å². The molecule has 0 radical (unpaired) electrons. The number of carbonyl (C=O) groups excluding carboxylic acids is 1. The van der Waals surface area contributed by atoms with Crippen molar-refractivity contribution >= 4 is 28.4 Å². The first kappa shape index (κ1) is 13.1. The van der Waals surface area contributed by atoms with E-state index in [2.05, 4.69) is 10.4 Å². The molecular weight excluding hydrogens is 278 g/mol. The van der Waals surface area contributed by atoms with E-state index in [1.54, 1.807) is 18.2 Å². The standard InChI is InChI=1S/C14H14ClN3O2/c1-8(19)17-18-13(9-3-2-4-9)16-12-7-10(15)5-6-11(12)14(18)20/h5-7,9H,2-4H2,1H3,(H,17,19). The van der Waals surface area contributed by atoms with Crippen molar-refractivity contribution in [2.75, 3.05) is 5.43 Å². The van der Waals surface area contributed by atoms with E-state index in [1.165, 1.54) is 11.6 Å². The second-order valence-corrected chi connectivity index (χ2v) is 5.50. The topological polar surface area (TPSA) is 64.0 Å². The Morgan fingerprint density at radius 2 is 2.20 bits per heavy atom. The highest BCUT2D eigenvalue weighted by Crippen LogP contribution is 2.35. The minimum absolute atomic E-state index is 0.220. The van der Waals surface area contributed by atoms with Crippen molar-refractivity contribution in [1.29, 1.82) is 0 Å². The SMILES string of the molecule is CC(=O)Nn1c(C2CCC2)nc2cc(Cl)ccc2c1=O. The largest absolute Gasteiger partial charge is 0.280 e. The normalized spacial score (nSPS) is 15.1. The van der Waals surface area contributed by atoms with Gasteiger partial charge in [-0.25, -0.2) is 9.66 Å². The molecular formula is C14H14ClN3O2. The molecule has 1 heterocycles. The Hall–Kier alpha value is -1.88. The molecule has 1 N–H and O–H groups in total. The maximum Gasteiger partial charge on any atom is 0.280 e. The number of nitrogens with one attached hydrogen (secondary N) is 1. The lowest BCUT2D eigenvalue weighted by Gasteiger charge is -2.27. The van der Waals surface area contributed by atoms with Gasteiger partial charge in [0, 0.05) is 17.9 Å². The molecule has 0 spiro atoms. The van der Waals surface area contributed by atoms with E-state index in [1.807, 2.05) is 0 Å². The molecule has 0 unspecified atom stereocenters. The molecule has 0 bridgehead atoms. The number of rotatable bonds is 2. The van der Waals surface area contributed by atoms with E-state index in [0.29, 0.717) is 21.7 Å². The second kappa shape index (κ2) is 4.90. The molecule has 1 amide bonds. The molecule has 1 aromatic carbocycles. The Morgan fingerprint density at radius 1 is 1.45 bits per heavy atom. The third-order valence-electron chi connectivity index (χ3n) is 3.60. The first-order valence-corrected chi connectivity index (χ1v) is 6.94. The van der Waals surface area contributed by atoms with Crippen LogP contribution in [0.1, 0.15) is 37.9 Å². The van der Waals surface area contributed by atoms with Gasteiger partial charge < -0.3 is 0 Å². The van der Waals surface area contributed by atoms with E-state index in [0.717, 1.165) is 19.3 Å². The highest BCUT2D eigenvalue weighted by atomic mass is 35.5. The van der Waals surface area contributed by atoms with Gasteiger partial charge >= 0.3 is 0 Å². The molecule has 0 aliphatic heterocycles. The first-order chi connectivity index (χ1) is 9.56. The Morgan fingerprint density at radius 3 is 2.80 bits per heavy atom. The molecule has 3 rings (SSSR count). The van der Waals surface area contributed by atoms with Crippen LogP contribution in [0.4, 0.5) is 0 Å². The summed E-state index contributed by atoms with van der Waals surface area (Å²) in [6.45, 7) is 1.38. The summed E-state index contributed by atoms with van der Waals surface area (Å²) in [5.41, 5.74) is 2.88. The fourth-order valence-corrected chi connectivity index (χ4v) is 2.55. The molecule has 1 aliphatic rings. The molecule has 5 nitrogen and oxygen atoms in total. The second-order valence-electron chi connectivity index (χ2n) is 5.07. The van der Waals surface area contributed by atoms with Crippen LogP contribution in [0.15, 0.2) is 23.0 Å². The average molecular weight is 292 g/mol. The molecule has 1 aromatic heterocycles. The number of amides is 1. The molecule has 2 aromatic rings. The van der Waals surface area contributed by atoms with Gasteiger partial charge in [-0.1, -0.05) is 18.0 Å². The van der Waals surface area contributed by atoms with Crippen LogP contribution in [-0.4, -0.2) is 15.6 Å². The number of halogens is 1. The number of nitrogens with zero attached hydrogens (tertiary/aromatic N) is 2. The average Bonchev–Trinajstić information content (AvgIpc) is 2.31. The molecule has 6 heteroatoms. The van der Waals surface area contributed by atoms with Crippen LogP contribution < -0.4 is 11.0 Å². The van der Waals surface area contributed by atoms with Gasteiger partial charge in [-0.05, 0) is 31.0 Å². The van der Waals surface area contributed by atoms with Crippen molar-refractivity contribution in [3.8, 4) is 0 Å². The van der Waals surface area contributed by atoms with Crippen molar-refractivity contribution in [1.82, 2.24) is 9.66 Å². The van der Waals surface area contributed by atoms with Crippen molar-refractivity contribution in [3.05, 3.63) is 39.4 Å². The fourth-order valence-electron chi connectivity index (χ4n) is 2.38. The van der Waals surface area contributed by atoms with E-state index in [9.17, 15) is 9.59 Å². The highest BCUT2D eigenvalue weighted by molar-refractivity contribution is 6.31. The summed E-state index contributed by atoms with van der Waals surface area (Å²) < 4.78 is 1.28. The quantitative estimate of drug-likeness (QED) is 0.924. The fraction of sp³-hybridized carbons (Fsp3) is 0.357. The minimum Gasteiger partial charge on any atom is -0.274 e. The van der Waals surface area contributed by atoms with E-state index in [4.69, 9.17) is 11.6 Å². The van der Waals surface area contributed by atoms with Gasteiger partial charge in [-0.3, -0.25) is 15.0 Å². The zero-order valence-corrected chi connectivity index (χ0v) is 11.8. The van der Waals surface area contributed by atoms with E-state index >= 15 is 0 Å². The molecule has 0 atom stereocenters. The van der Waals surface area contributed by atoms with Gasteiger partial charge in [0.05, 0.1) is 10.9 Å². The van der Waals surface area contributed by atoms with E-state index in [-0.39, 0.29) is 17.4 Å². The lowest BCUT2D eigenvalue weighted by molar-refractivity contribution is -0.115. The van der Waals surface area contributed by atoms with Crippen LogP contribution in [0.2, 0.25) is 5.02 Å². The zero-order valence-electron chi connectivity index (χ0n) is 11.0. The third-order valence-corrected chi connectivity index (χ3v) is 3.83. The number of aromatic nitrogens is 2. The Labute approximate surface area is 120 Å². The molecule has 0 saturated heterocycles. The number of fused-ring (bicyclic) bond motifs is 1. The molecule has 1 fully saturated rings. The maximum atomic E-state index is 12.5. The Kier molecular flexibility index (Phi) is 3.22. The van der Waals surface area contributed by atoms with Crippen molar-refractivity contribution in [3.63, 3.8) is 0 Å². The molecule has 1 saturated carbocycles. The number of carbonyl (C=O) groups is 1. The van der Waals surface area contributed by atoms with Gasteiger partial charge in [0.15, 0.2) is 0 Å². The van der Waals surface area contributed by atoms with Crippen molar-refractivity contribution in [2.45, 2.75) is 32.1 Å². The van der Waals surface area contributed by atoms with Crippen LogP contribution in [0, 0.1) is 0 Å². The summed E-state index contributed by atoms with van der Waals surface area (Å²) in [5.74, 6) is 0.548.